The minimum absolute atomic E-state index is 0.0862. The highest BCUT2D eigenvalue weighted by Gasteiger charge is 2.21. The number of imidazole rings is 1. The van der Waals surface area contributed by atoms with Crippen LogP contribution in [0.1, 0.15) is 57.2 Å². The maximum Gasteiger partial charge on any atom is 0.248 e. The highest BCUT2D eigenvalue weighted by Crippen LogP contribution is 2.22. The first-order valence-electron chi connectivity index (χ1n) is 11.7. The summed E-state index contributed by atoms with van der Waals surface area (Å²) in [5.74, 6) is -2.02. The SMILES string of the molecule is CCC[C@H](NC(=O)Cc1cc(F)cc(F)c1)C(=O)Nc1cn(Cc2ccc(C(C)(C)C)cc2)cn1. The van der Waals surface area contributed by atoms with Crippen molar-refractivity contribution < 1.29 is 18.4 Å². The molecule has 1 heterocycles. The van der Waals surface area contributed by atoms with Crippen molar-refractivity contribution >= 4 is 17.6 Å². The highest BCUT2D eigenvalue weighted by atomic mass is 19.1. The van der Waals surface area contributed by atoms with E-state index in [0.29, 0.717) is 25.2 Å². The Kier molecular flexibility index (Phi) is 8.38. The second kappa shape index (κ2) is 11.3. The summed E-state index contributed by atoms with van der Waals surface area (Å²) in [5.41, 5.74) is 2.65. The molecule has 0 fully saturated rings. The number of nitrogens with zero attached hydrogens (tertiary/aromatic N) is 2. The van der Waals surface area contributed by atoms with E-state index in [0.717, 1.165) is 23.8 Å². The predicted octanol–water partition coefficient (Wildman–Crippen LogP) is 4.97. The molecular weight excluding hydrogens is 450 g/mol. The van der Waals surface area contributed by atoms with Crippen molar-refractivity contribution in [3.05, 3.63) is 83.3 Å². The van der Waals surface area contributed by atoms with Crippen molar-refractivity contribution in [2.24, 2.45) is 0 Å². The van der Waals surface area contributed by atoms with Crippen LogP contribution >= 0.6 is 0 Å². The van der Waals surface area contributed by atoms with Gasteiger partial charge in [0.1, 0.15) is 17.7 Å². The molecule has 0 spiro atoms. The quantitative estimate of drug-likeness (QED) is 0.452. The number of hydrogen-bond acceptors (Lipinski definition) is 3. The van der Waals surface area contributed by atoms with Gasteiger partial charge >= 0.3 is 0 Å². The number of carbonyl (C=O) groups excluding carboxylic acids is 2. The van der Waals surface area contributed by atoms with Gasteiger partial charge in [0, 0.05) is 18.8 Å². The molecule has 0 aliphatic carbocycles. The van der Waals surface area contributed by atoms with Crippen molar-refractivity contribution in [2.75, 3.05) is 5.32 Å². The molecule has 0 bridgehead atoms. The topological polar surface area (TPSA) is 76.0 Å². The van der Waals surface area contributed by atoms with Gasteiger partial charge < -0.3 is 15.2 Å². The molecule has 35 heavy (non-hydrogen) atoms. The fraction of sp³-hybridized carbons (Fsp3) is 0.370. The second-order valence-electron chi connectivity index (χ2n) is 9.73. The fourth-order valence-electron chi connectivity index (χ4n) is 3.75. The van der Waals surface area contributed by atoms with Gasteiger partial charge in [-0.05, 0) is 40.7 Å². The number of amides is 2. The molecule has 186 valence electrons. The molecule has 1 aromatic heterocycles. The molecule has 2 aromatic carbocycles. The lowest BCUT2D eigenvalue weighted by molar-refractivity contribution is -0.126. The summed E-state index contributed by atoms with van der Waals surface area (Å²) in [5, 5.41) is 5.40. The molecule has 6 nitrogen and oxygen atoms in total. The normalized spacial score (nSPS) is 12.3. The van der Waals surface area contributed by atoms with Crippen molar-refractivity contribution in [1.29, 1.82) is 0 Å². The first kappa shape index (κ1) is 26.1. The van der Waals surface area contributed by atoms with E-state index in [1.807, 2.05) is 11.5 Å². The van der Waals surface area contributed by atoms with Crippen LogP contribution in [0.15, 0.2) is 55.0 Å². The number of anilines is 1. The van der Waals surface area contributed by atoms with Gasteiger partial charge in [0.05, 0.1) is 12.7 Å². The molecule has 1 atom stereocenters. The Hall–Kier alpha value is -3.55. The van der Waals surface area contributed by atoms with Crippen LogP contribution in [-0.4, -0.2) is 27.4 Å². The molecule has 3 aromatic rings. The molecule has 3 rings (SSSR count). The molecule has 0 unspecified atom stereocenters. The average molecular weight is 483 g/mol. The Morgan fingerprint density at radius 2 is 1.69 bits per heavy atom. The largest absolute Gasteiger partial charge is 0.344 e. The standard InChI is InChI=1S/C27H32F2N4O2/c1-5-6-23(31-25(34)13-19-11-21(28)14-22(29)12-19)26(35)32-24-16-33(17-30-24)15-18-7-9-20(10-8-18)27(2,3)4/h7-12,14,16-17,23H,5-6,13,15H2,1-4H3,(H,31,34)(H,32,35)/t23-/m0/s1. The van der Waals surface area contributed by atoms with Gasteiger partial charge in [-0.1, -0.05) is 58.4 Å². The Labute approximate surface area is 204 Å². The zero-order valence-corrected chi connectivity index (χ0v) is 20.6. The first-order chi connectivity index (χ1) is 16.5. The molecule has 0 saturated heterocycles. The molecular formula is C27H32F2N4O2. The first-order valence-corrected chi connectivity index (χ1v) is 11.7. The Morgan fingerprint density at radius 1 is 1.03 bits per heavy atom. The number of rotatable bonds is 9. The van der Waals surface area contributed by atoms with E-state index in [9.17, 15) is 18.4 Å². The average Bonchev–Trinajstić information content (AvgIpc) is 3.19. The summed E-state index contributed by atoms with van der Waals surface area (Å²) in [6, 6.07) is 10.5. The Bertz CT molecular complexity index is 1150. The van der Waals surface area contributed by atoms with E-state index in [2.05, 4.69) is 60.7 Å². The second-order valence-corrected chi connectivity index (χ2v) is 9.73. The number of aromatic nitrogens is 2. The minimum Gasteiger partial charge on any atom is -0.344 e. The smallest absolute Gasteiger partial charge is 0.248 e. The summed E-state index contributed by atoms with van der Waals surface area (Å²) in [6.45, 7) is 9.01. The third-order valence-electron chi connectivity index (χ3n) is 5.59. The Balaban J connectivity index is 1.59. The van der Waals surface area contributed by atoms with Crippen molar-refractivity contribution in [3.8, 4) is 0 Å². The van der Waals surface area contributed by atoms with Gasteiger partial charge in [0.2, 0.25) is 11.8 Å². The number of carbonyl (C=O) groups is 2. The maximum absolute atomic E-state index is 13.4. The Morgan fingerprint density at radius 3 is 2.29 bits per heavy atom. The van der Waals surface area contributed by atoms with Gasteiger partial charge in [0.25, 0.3) is 0 Å². The van der Waals surface area contributed by atoms with Crippen molar-refractivity contribution in [2.45, 2.75) is 65.0 Å². The van der Waals surface area contributed by atoms with Gasteiger partial charge in [-0.25, -0.2) is 13.8 Å². The van der Waals surface area contributed by atoms with Crippen LogP contribution in [0.3, 0.4) is 0 Å². The van der Waals surface area contributed by atoms with Crippen LogP contribution in [0.5, 0.6) is 0 Å². The van der Waals surface area contributed by atoms with Crippen LogP contribution in [-0.2, 0) is 28.0 Å². The number of nitrogens with one attached hydrogen (secondary N) is 2. The maximum atomic E-state index is 13.4. The zero-order valence-electron chi connectivity index (χ0n) is 20.6. The van der Waals surface area contributed by atoms with Crippen LogP contribution < -0.4 is 10.6 Å². The van der Waals surface area contributed by atoms with Crippen molar-refractivity contribution in [1.82, 2.24) is 14.9 Å². The third kappa shape index (κ3) is 7.73. The van der Waals surface area contributed by atoms with Gasteiger partial charge in [-0.3, -0.25) is 9.59 Å². The zero-order chi connectivity index (χ0) is 25.6. The lowest BCUT2D eigenvalue weighted by Crippen LogP contribution is -2.44. The summed E-state index contributed by atoms with van der Waals surface area (Å²) in [6.07, 6.45) is 4.21. The lowest BCUT2D eigenvalue weighted by Gasteiger charge is -2.19. The van der Waals surface area contributed by atoms with E-state index in [4.69, 9.17) is 0 Å². The lowest BCUT2D eigenvalue weighted by atomic mass is 9.87. The third-order valence-corrected chi connectivity index (χ3v) is 5.59. The minimum atomic E-state index is -0.791. The van der Waals surface area contributed by atoms with Crippen LogP contribution in [0.4, 0.5) is 14.6 Å². The number of halogens is 2. The highest BCUT2D eigenvalue weighted by molar-refractivity contribution is 5.96. The number of hydrogen-bond donors (Lipinski definition) is 2. The van der Waals surface area contributed by atoms with E-state index < -0.39 is 29.5 Å². The van der Waals surface area contributed by atoms with Crippen LogP contribution in [0.25, 0.3) is 0 Å². The predicted molar refractivity (Wildman–Crippen MR) is 132 cm³/mol. The van der Waals surface area contributed by atoms with E-state index in [-0.39, 0.29) is 17.4 Å². The van der Waals surface area contributed by atoms with Gasteiger partial charge in [0.15, 0.2) is 5.82 Å². The fourth-order valence-corrected chi connectivity index (χ4v) is 3.75. The van der Waals surface area contributed by atoms with E-state index in [1.165, 1.54) is 5.56 Å². The monoisotopic (exact) mass is 482 g/mol. The molecule has 0 aliphatic heterocycles. The van der Waals surface area contributed by atoms with E-state index >= 15 is 0 Å². The molecule has 2 amide bonds. The molecule has 0 saturated carbocycles. The number of benzene rings is 2. The summed E-state index contributed by atoms with van der Waals surface area (Å²) >= 11 is 0. The van der Waals surface area contributed by atoms with Gasteiger partial charge in [-0.15, -0.1) is 0 Å². The summed E-state index contributed by atoms with van der Waals surface area (Å²) in [7, 11) is 0. The molecule has 8 heteroatoms. The van der Waals surface area contributed by atoms with Crippen LogP contribution in [0.2, 0.25) is 0 Å². The molecule has 0 aliphatic rings. The molecule has 0 radical (unpaired) electrons. The molecule has 2 N–H and O–H groups in total. The van der Waals surface area contributed by atoms with Crippen LogP contribution in [0, 0.1) is 11.6 Å². The summed E-state index contributed by atoms with van der Waals surface area (Å²) < 4.78 is 28.7. The summed E-state index contributed by atoms with van der Waals surface area (Å²) in [4.78, 5) is 29.5. The van der Waals surface area contributed by atoms with E-state index in [1.54, 1.807) is 12.5 Å². The van der Waals surface area contributed by atoms with Gasteiger partial charge in [-0.2, -0.15) is 0 Å². The van der Waals surface area contributed by atoms with Crippen molar-refractivity contribution in [3.63, 3.8) is 0 Å².